The molecule has 3 N–H and O–H groups in total. The topological polar surface area (TPSA) is 148 Å². The first-order valence-corrected chi connectivity index (χ1v) is 11.4. The summed E-state index contributed by atoms with van der Waals surface area (Å²) in [4.78, 5) is 34.9. The maximum Gasteiger partial charge on any atom is 0.305 e. The average Bonchev–Trinajstić information content (AvgIpc) is 3.17. The van der Waals surface area contributed by atoms with E-state index < -0.39 is 17.1 Å². The standard InChI is InChI=1S/C23H24N4O7S/c1-3-33-18-10-14(12-24-27-23-26-22(31)19(35-23)11-21(29)30)8-9-17(18)34-13-20(28)25-15-6-4-5-7-16(15)32-2/h4-10,12,19H,3,11,13H2,1-2H3,(H,25,28)(H,29,30)(H,26,27,31). The summed E-state index contributed by atoms with van der Waals surface area (Å²) in [5, 5.41) is 21.4. The lowest BCUT2D eigenvalue weighted by Gasteiger charge is -2.13. The molecule has 1 aliphatic heterocycles. The zero-order chi connectivity index (χ0) is 25.2. The van der Waals surface area contributed by atoms with Crippen molar-refractivity contribution in [1.82, 2.24) is 5.32 Å². The van der Waals surface area contributed by atoms with Gasteiger partial charge in [-0.3, -0.25) is 14.4 Å². The van der Waals surface area contributed by atoms with Crippen LogP contribution in [0, 0.1) is 0 Å². The molecule has 184 valence electrons. The Labute approximate surface area is 205 Å². The van der Waals surface area contributed by atoms with Gasteiger partial charge in [-0.1, -0.05) is 23.9 Å². The van der Waals surface area contributed by atoms with Crippen LogP contribution in [-0.4, -0.2) is 59.8 Å². The number of aliphatic carboxylic acids is 1. The molecule has 12 heteroatoms. The van der Waals surface area contributed by atoms with Crippen LogP contribution in [-0.2, 0) is 14.4 Å². The van der Waals surface area contributed by atoms with Gasteiger partial charge in [0.15, 0.2) is 23.3 Å². The fraction of sp³-hybridized carbons (Fsp3) is 0.261. The molecule has 1 atom stereocenters. The van der Waals surface area contributed by atoms with E-state index in [-0.39, 0.29) is 24.1 Å². The number of nitrogens with one attached hydrogen (secondary N) is 2. The van der Waals surface area contributed by atoms with Crippen molar-refractivity contribution in [1.29, 1.82) is 0 Å². The molecule has 0 radical (unpaired) electrons. The number of hydrogen-bond acceptors (Lipinski definition) is 9. The molecule has 2 aromatic rings. The van der Waals surface area contributed by atoms with Gasteiger partial charge in [0, 0.05) is 0 Å². The Morgan fingerprint density at radius 3 is 2.71 bits per heavy atom. The Morgan fingerprint density at radius 1 is 1.17 bits per heavy atom. The number of carbonyl (C=O) groups is 3. The lowest BCUT2D eigenvalue weighted by molar-refractivity contribution is -0.138. The van der Waals surface area contributed by atoms with Crippen LogP contribution in [0.3, 0.4) is 0 Å². The zero-order valence-electron chi connectivity index (χ0n) is 19.0. The highest BCUT2D eigenvalue weighted by atomic mass is 32.2. The van der Waals surface area contributed by atoms with Crippen LogP contribution in [0.4, 0.5) is 5.69 Å². The predicted molar refractivity (Wildman–Crippen MR) is 132 cm³/mol. The molecule has 2 amide bonds. The maximum atomic E-state index is 12.3. The van der Waals surface area contributed by atoms with Crippen LogP contribution in [0.25, 0.3) is 0 Å². The first kappa shape index (κ1) is 25.6. The van der Waals surface area contributed by atoms with Crippen molar-refractivity contribution in [3.05, 3.63) is 48.0 Å². The number of carbonyl (C=O) groups excluding carboxylic acids is 2. The first-order valence-electron chi connectivity index (χ1n) is 10.5. The molecule has 0 spiro atoms. The Hall–Kier alpha value is -4.06. The molecule has 1 saturated heterocycles. The number of methoxy groups -OCH3 is 1. The number of para-hydroxylation sites is 2. The van der Waals surface area contributed by atoms with Crippen LogP contribution >= 0.6 is 11.8 Å². The number of carboxylic acid groups (broad SMARTS) is 1. The summed E-state index contributed by atoms with van der Waals surface area (Å²) in [5.41, 5.74) is 1.17. The van der Waals surface area contributed by atoms with Crippen LogP contribution in [0.2, 0.25) is 0 Å². The first-order chi connectivity index (χ1) is 16.9. The van der Waals surface area contributed by atoms with Crippen LogP contribution < -0.4 is 24.8 Å². The Morgan fingerprint density at radius 2 is 1.97 bits per heavy atom. The minimum Gasteiger partial charge on any atom is -0.495 e. The third-order valence-corrected chi connectivity index (χ3v) is 5.57. The van der Waals surface area contributed by atoms with E-state index in [0.29, 0.717) is 35.1 Å². The van der Waals surface area contributed by atoms with Crippen LogP contribution in [0.15, 0.2) is 52.7 Å². The monoisotopic (exact) mass is 500 g/mol. The molecular formula is C23H24N4O7S. The molecule has 1 fully saturated rings. The van der Waals surface area contributed by atoms with E-state index in [1.165, 1.54) is 13.3 Å². The van der Waals surface area contributed by atoms with Gasteiger partial charge in [-0.25, -0.2) is 0 Å². The van der Waals surface area contributed by atoms with Crippen molar-refractivity contribution in [2.45, 2.75) is 18.6 Å². The highest BCUT2D eigenvalue weighted by Crippen LogP contribution is 2.29. The van der Waals surface area contributed by atoms with Crippen molar-refractivity contribution >= 4 is 46.6 Å². The van der Waals surface area contributed by atoms with E-state index in [4.69, 9.17) is 19.3 Å². The molecule has 35 heavy (non-hydrogen) atoms. The van der Waals surface area contributed by atoms with Crippen molar-refractivity contribution in [2.24, 2.45) is 10.2 Å². The molecule has 0 aliphatic carbocycles. The van der Waals surface area contributed by atoms with Crippen LogP contribution in [0.1, 0.15) is 18.9 Å². The van der Waals surface area contributed by atoms with Crippen molar-refractivity contribution in [2.75, 3.05) is 25.6 Å². The van der Waals surface area contributed by atoms with Gasteiger partial charge in [0.2, 0.25) is 5.91 Å². The number of amides is 2. The summed E-state index contributed by atoms with van der Waals surface area (Å²) in [6.07, 6.45) is 1.15. The number of benzene rings is 2. The van der Waals surface area contributed by atoms with Gasteiger partial charge in [0.1, 0.15) is 11.0 Å². The SMILES string of the molecule is CCOc1cc(C=NN=C2NC(=O)C(CC(=O)O)S2)ccc1OCC(=O)Nc1ccccc1OC. The number of carboxylic acids is 1. The minimum absolute atomic E-state index is 0.226. The Balaban J connectivity index is 1.61. The molecule has 0 saturated carbocycles. The number of amidine groups is 1. The smallest absolute Gasteiger partial charge is 0.305 e. The fourth-order valence-electron chi connectivity index (χ4n) is 2.96. The summed E-state index contributed by atoms with van der Waals surface area (Å²) >= 11 is 1.01. The Kier molecular flexibility index (Phi) is 9.07. The number of thioether (sulfide) groups is 1. The third-order valence-electron chi connectivity index (χ3n) is 4.50. The van der Waals surface area contributed by atoms with Gasteiger partial charge < -0.3 is 30.0 Å². The molecule has 1 heterocycles. The molecule has 2 aromatic carbocycles. The van der Waals surface area contributed by atoms with Gasteiger partial charge in [-0.15, -0.1) is 5.10 Å². The molecular weight excluding hydrogens is 476 g/mol. The van der Waals surface area contributed by atoms with E-state index in [1.807, 2.05) is 6.92 Å². The van der Waals surface area contributed by atoms with Gasteiger partial charge in [0.05, 0.1) is 32.0 Å². The van der Waals surface area contributed by atoms with Gasteiger partial charge >= 0.3 is 5.97 Å². The minimum atomic E-state index is -1.06. The molecule has 1 unspecified atom stereocenters. The number of nitrogens with zero attached hydrogens (tertiary/aromatic N) is 2. The maximum absolute atomic E-state index is 12.3. The molecule has 3 rings (SSSR count). The van der Waals surface area contributed by atoms with Crippen molar-refractivity contribution in [3.8, 4) is 17.2 Å². The summed E-state index contributed by atoms with van der Waals surface area (Å²) < 4.78 is 16.5. The third kappa shape index (κ3) is 7.47. The highest BCUT2D eigenvalue weighted by Gasteiger charge is 2.32. The summed E-state index contributed by atoms with van der Waals surface area (Å²) in [5.74, 6) is -0.515. The number of ether oxygens (including phenoxy) is 3. The predicted octanol–water partition coefficient (Wildman–Crippen LogP) is 2.51. The quantitative estimate of drug-likeness (QED) is 0.315. The molecule has 0 aromatic heterocycles. The molecule has 1 aliphatic rings. The van der Waals surface area contributed by atoms with E-state index in [2.05, 4.69) is 20.8 Å². The van der Waals surface area contributed by atoms with Crippen molar-refractivity contribution in [3.63, 3.8) is 0 Å². The van der Waals surface area contributed by atoms with E-state index in [1.54, 1.807) is 42.5 Å². The fourth-order valence-corrected chi connectivity index (χ4v) is 3.88. The van der Waals surface area contributed by atoms with E-state index in [0.717, 1.165) is 11.8 Å². The van der Waals surface area contributed by atoms with Gasteiger partial charge in [0.25, 0.3) is 5.91 Å². The van der Waals surface area contributed by atoms with Gasteiger partial charge in [-0.2, -0.15) is 5.10 Å². The van der Waals surface area contributed by atoms with Crippen molar-refractivity contribution < 1.29 is 33.7 Å². The molecule has 0 bridgehead atoms. The number of anilines is 1. The second-order valence-corrected chi connectivity index (χ2v) is 8.21. The van der Waals surface area contributed by atoms with E-state index in [9.17, 15) is 14.4 Å². The number of hydrogen-bond donors (Lipinski definition) is 3. The average molecular weight is 501 g/mol. The Bertz CT molecular complexity index is 1150. The lowest BCUT2D eigenvalue weighted by Crippen LogP contribution is -2.26. The summed E-state index contributed by atoms with van der Waals surface area (Å²) in [6, 6.07) is 12.1. The largest absolute Gasteiger partial charge is 0.495 e. The normalized spacial score (nSPS) is 16.2. The molecule has 11 nitrogen and oxygen atoms in total. The zero-order valence-corrected chi connectivity index (χ0v) is 19.8. The summed E-state index contributed by atoms with van der Waals surface area (Å²) in [6.45, 7) is 1.95. The second kappa shape index (κ2) is 12.4. The number of rotatable bonds is 11. The second-order valence-electron chi connectivity index (χ2n) is 7.02. The highest BCUT2D eigenvalue weighted by molar-refractivity contribution is 8.15. The van der Waals surface area contributed by atoms with E-state index >= 15 is 0 Å². The summed E-state index contributed by atoms with van der Waals surface area (Å²) in [7, 11) is 1.52. The van der Waals surface area contributed by atoms with Gasteiger partial charge in [-0.05, 0) is 42.8 Å². The van der Waals surface area contributed by atoms with Crippen LogP contribution in [0.5, 0.6) is 17.2 Å². The lowest BCUT2D eigenvalue weighted by atomic mass is 10.2.